The third kappa shape index (κ3) is 3.54. The third-order valence-electron chi connectivity index (χ3n) is 1.59. The van der Waals surface area contributed by atoms with Crippen molar-refractivity contribution in [2.45, 2.75) is 13.0 Å². The highest BCUT2D eigenvalue weighted by Gasteiger charge is 2.05. The minimum absolute atomic E-state index is 0.0438. The Hall–Kier alpha value is -0.770. The van der Waals surface area contributed by atoms with Gasteiger partial charge in [0.15, 0.2) is 0 Å². The Morgan fingerprint density at radius 2 is 1.93 bits per heavy atom. The number of alkyl halides is 2. The van der Waals surface area contributed by atoms with Crippen LogP contribution < -0.4 is 0 Å². The van der Waals surface area contributed by atoms with Crippen LogP contribution in [0.3, 0.4) is 0 Å². The molecule has 0 bridgehead atoms. The number of hydrogen-bond donors (Lipinski definition) is 1. The lowest BCUT2D eigenvalue weighted by molar-refractivity contribution is 0.151. The molecule has 1 atom stereocenters. The van der Waals surface area contributed by atoms with Gasteiger partial charge < -0.3 is 9.42 Å². The second kappa shape index (κ2) is 5.20. The molecule has 0 aliphatic carbocycles. The van der Waals surface area contributed by atoms with E-state index in [1.54, 1.807) is 0 Å². The van der Waals surface area contributed by atoms with Crippen molar-refractivity contribution in [3.63, 3.8) is 0 Å². The molecule has 14 heavy (non-hydrogen) atoms. The summed E-state index contributed by atoms with van der Waals surface area (Å²) in [7, 11) is -2.96. The molecule has 0 spiro atoms. The van der Waals surface area contributed by atoms with Gasteiger partial charge in [0.2, 0.25) is 0 Å². The fourth-order valence-corrected chi connectivity index (χ4v) is 1.19. The van der Waals surface area contributed by atoms with Crippen molar-refractivity contribution in [3.8, 4) is 0 Å². The molecule has 1 aromatic rings. The standard InChI is InChI=1S/C8H9F2O3P/c9-8(10)7-3-1-6(2-4-7)5-13-14(11)12/h1-4,8,14H,5H2,(H,11,12). The summed E-state index contributed by atoms with van der Waals surface area (Å²) in [5, 5.41) is 0. The van der Waals surface area contributed by atoms with E-state index in [2.05, 4.69) is 4.52 Å². The first-order valence-corrected chi connectivity index (χ1v) is 5.08. The van der Waals surface area contributed by atoms with E-state index >= 15 is 0 Å². The average Bonchev–Trinajstić information content (AvgIpc) is 2.15. The van der Waals surface area contributed by atoms with Crippen molar-refractivity contribution in [1.82, 2.24) is 0 Å². The lowest BCUT2D eigenvalue weighted by atomic mass is 10.1. The molecule has 6 heteroatoms. The molecule has 0 amide bonds. The summed E-state index contributed by atoms with van der Waals surface area (Å²) in [6.07, 6.45) is -2.50. The van der Waals surface area contributed by atoms with Gasteiger partial charge in [-0.05, 0) is 5.56 Å². The second-order valence-electron chi connectivity index (χ2n) is 2.60. The van der Waals surface area contributed by atoms with E-state index in [4.69, 9.17) is 4.89 Å². The Morgan fingerprint density at radius 3 is 2.36 bits per heavy atom. The molecule has 0 aliphatic rings. The zero-order chi connectivity index (χ0) is 10.6. The molecule has 78 valence electrons. The molecule has 1 aromatic carbocycles. The van der Waals surface area contributed by atoms with Crippen LogP contribution in [0.5, 0.6) is 0 Å². The molecule has 1 rings (SSSR count). The van der Waals surface area contributed by atoms with E-state index in [9.17, 15) is 13.3 Å². The number of halogens is 2. The monoisotopic (exact) mass is 222 g/mol. The van der Waals surface area contributed by atoms with E-state index in [1.807, 2.05) is 0 Å². The maximum atomic E-state index is 12.1. The molecule has 3 nitrogen and oxygen atoms in total. The Labute approximate surface area is 80.3 Å². The molecule has 0 aliphatic heterocycles. The molecule has 0 radical (unpaired) electrons. The molecule has 0 heterocycles. The molecule has 0 aromatic heterocycles. The van der Waals surface area contributed by atoms with Crippen LogP contribution in [-0.2, 0) is 15.7 Å². The van der Waals surface area contributed by atoms with Crippen molar-refractivity contribution in [2.24, 2.45) is 0 Å². The molecular weight excluding hydrogens is 213 g/mol. The summed E-state index contributed by atoms with van der Waals surface area (Å²) < 4.78 is 38.8. The summed E-state index contributed by atoms with van der Waals surface area (Å²) in [5.41, 5.74) is 0.507. The minimum atomic E-state index is -2.96. The summed E-state index contributed by atoms with van der Waals surface area (Å²) in [6.45, 7) is -0.0438. The normalized spacial score (nSPS) is 13.1. The zero-order valence-corrected chi connectivity index (χ0v) is 8.11. The molecule has 1 N–H and O–H groups in total. The molecule has 0 saturated carbocycles. The van der Waals surface area contributed by atoms with Gasteiger partial charge in [0.25, 0.3) is 6.43 Å². The van der Waals surface area contributed by atoms with Gasteiger partial charge >= 0.3 is 8.25 Å². The van der Waals surface area contributed by atoms with Crippen LogP contribution in [0.2, 0.25) is 0 Å². The highest BCUT2D eigenvalue weighted by Crippen LogP contribution is 2.21. The van der Waals surface area contributed by atoms with E-state index in [1.165, 1.54) is 24.3 Å². The quantitative estimate of drug-likeness (QED) is 0.796. The molecular formula is C8H9F2O3P. The summed E-state index contributed by atoms with van der Waals surface area (Å²) in [5.74, 6) is 0. The van der Waals surface area contributed by atoms with Crippen LogP contribution in [-0.4, -0.2) is 4.89 Å². The summed E-state index contributed by atoms with van der Waals surface area (Å²) in [4.78, 5) is 8.36. The fourth-order valence-electron chi connectivity index (χ4n) is 0.904. The molecule has 0 fully saturated rings. The highest BCUT2D eigenvalue weighted by molar-refractivity contribution is 7.32. The topological polar surface area (TPSA) is 46.5 Å². The molecule has 0 saturated heterocycles. The lowest BCUT2D eigenvalue weighted by Gasteiger charge is -2.02. The minimum Gasteiger partial charge on any atom is -0.326 e. The SMILES string of the molecule is O=[PH](O)OCc1ccc(C(F)F)cc1. The van der Waals surface area contributed by atoms with E-state index in [-0.39, 0.29) is 12.2 Å². The van der Waals surface area contributed by atoms with Crippen LogP contribution in [0, 0.1) is 0 Å². The lowest BCUT2D eigenvalue weighted by Crippen LogP contribution is -1.88. The van der Waals surface area contributed by atoms with Gasteiger partial charge in [0.05, 0.1) is 6.61 Å². The van der Waals surface area contributed by atoms with Crippen LogP contribution in [0.15, 0.2) is 24.3 Å². The fraction of sp³-hybridized carbons (Fsp3) is 0.250. The molecule has 1 unspecified atom stereocenters. The Kier molecular flexibility index (Phi) is 4.20. The number of hydrogen-bond acceptors (Lipinski definition) is 2. The second-order valence-corrected chi connectivity index (χ2v) is 3.42. The van der Waals surface area contributed by atoms with Gasteiger partial charge in [0.1, 0.15) is 0 Å². The zero-order valence-electron chi connectivity index (χ0n) is 7.11. The average molecular weight is 222 g/mol. The first kappa shape index (κ1) is 11.3. The number of benzene rings is 1. The van der Waals surface area contributed by atoms with Gasteiger partial charge in [-0.25, -0.2) is 8.78 Å². The smallest absolute Gasteiger partial charge is 0.316 e. The Bertz CT molecular complexity index is 313. The number of rotatable bonds is 4. The van der Waals surface area contributed by atoms with Gasteiger partial charge in [-0.2, -0.15) is 0 Å². The van der Waals surface area contributed by atoms with E-state index in [0.717, 1.165) is 0 Å². The van der Waals surface area contributed by atoms with Gasteiger partial charge in [-0.3, -0.25) is 4.57 Å². The largest absolute Gasteiger partial charge is 0.326 e. The predicted molar refractivity (Wildman–Crippen MR) is 47.4 cm³/mol. The van der Waals surface area contributed by atoms with Crippen LogP contribution in [0.4, 0.5) is 8.78 Å². The maximum Gasteiger partial charge on any atom is 0.316 e. The van der Waals surface area contributed by atoms with Crippen molar-refractivity contribution in [1.29, 1.82) is 0 Å². The first-order chi connectivity index (χ1) is 6.59. The summed E-state index contributed by atoms with van der Waals surface area (Å²) >= 11 is 0. The van der Waals surface area contributed by atoms with Crippen LogP contribution >= 0.6 is 8.25 Å². The predicted octanol–water partition coefficient (Wildman–Crippen LogP) is 2.52. The van der Waals surface area contributed by atoms with Crippen molar-refractivity contribution >= 4 is 8.25 Å². The van der Waals surface area contributed by atoms with Gasteiger partial charge in [0, 0.05) is 5.56 Å². The first-order valence-electron chi connectivity index (χ1n) is 3.82. The maximum absolute atomic E-state index is 12.1. The van der Waals surface area contributed by atoms with Crippen molar-refractivity contribution < 1.29 is 22.8 Å². The van der Waals surface area contributed by atoms with E-state index in [0.29, 0.717) is 5.56 Å². The van der Waals surface area contributed by atoms with Crippen molar-refractivity contribution in [2.75, 3.05) is 0 Å². The van der Waals surface area contributed by atoms with Crippen LogP contribution in [0.25, 0.3) is 0 Å². The Morgan fingerprint density at radius 1 is 1.36 bits per heavy atom. The van der Waals surface area contributed by atoms with E-state index < -0.39 is 14.7 Å². The highest BCUT2D eigenvalue weighted by atomic mass is 31.1. The Balaban J connectivity index is 2.59. The summed E-state index contributed by atoms with van der Waals surface area (Å²) in [6, 6.07) is 5.40. The van der Waals surface area contributed by atoms with Gasteiger partial charge in [-0.15, -0.1) is 0 Å². The van der Waals surface area contributed by atoms with Gasteiger partial charge in [-0.1, -0.05) is 24.3 Å². The third-order valence-corrected chi connectivity index (χ3v) is 1.99. The van der Waals surface area contributed by atoms with Crippen molar-refractivity contribution in [3.05, 3.63) is 35.4 Å². The van der Waals surface area contributed by atoms with Crippen LogP contribution in [0.1, 0.15) is 17.6 Å².